The molecule has 2 N–H and O–H groups in total. The highest BCUT2D eigenvalue weighted by Gasteiger charge is 2.35. The summed E-state index contributed by atoms with van der Waals surface area (Å²) < 4.78 is 5.27. The van der Waals surface area contributed by atoms with Crippen LogP contribution in [0.25, 0.3) is 11.3 Å². The molecule has 0 fully saturated rings. The zero-order valence-corrected chi connectivity index (χ0v) is 12.6. The Kier molecular flexibility index (Phi) is 2.97. The smallest absolute Gasteiger partial charge is 0.270 e. The van der Waals surface area contributed by atoms with Gasteiger partial charge in [0.1, 0.15) is 11.4 Å². The Morgan fingerprint density at radius 2 is 2.18 bits per heavy atom. The van der Waals surface area contributed by atoms with Crippen LogP contribution in [0.1, 0.15) is 27.0 Å². The Bertz CT molecular complexity index is 839. The van der Waals surface area contributed by atoms with Gasteiger partial charge in [0.15, 0.2) is 0 Å². The van der Waals surface area contributed by atoms with Gasteiger partial charge in [0.05, 0.1) is 18.8 Å². The molecule has 0 radical (unpaired) electrons. The van der Waals surface area contributed by atoms with Gasteiger partial charge in [-0.05, 0) is 23.6 Å². The number of aromatic nitrogens is 2. The first kappa shape index (κ1) is 13.1. The first-order valence-corrected chi connectivity index (χ1v) is 7.73. The summed E-state index contributed by atoms with van der Waals surface area (Å²) in [5, 5.41) is 12.2. The van der Waals surface area contributed by atoms with Gasteiger partial charge in [0.2, 0.25) is 0 Å². The van der Waals surface area contributed by atoms with E-state index in [4.69, 9.17) is 4.74 Å². The normalized spacial score (nSPS) is 16.4. The predicted molar refractivity (Wildman–Crippen MR) is 84.2 cm³/mol. The number of methoxy groups -OCH3 is 1. The lowest BCUT2D eigenvalue weighted by atomic mass is 10.0. The van der Waals surface area contributed by atoms with Crippen molar-refractivity contribution in [1.82, 2.24) is 15.5 Å². The third kappa shape index (κ3) is 1.92. The van der Waals surface area contributed by atoms with Crippen molar-refractivity contribution in [2.24, 2.45) is 0 Å². The summed E-state index contributed by atoms with van der Waals surface area (Å²) in [6.45, 7) is 0. The van der Waals surface area contributed by atoms with Gasteiger partial charge in [0, 0.05) is 16.0 Å². The van der Waals surface area contributed by atoms with E-state index in [1.807, 2.05) is 41.8 Å². The van der Waals surface area contributed by atoms with E-state index < -0.39 is 0 Å². The molecule has 110 valence electrons. The van der Waals surface area contributed by atoms with E-state index in [-0.39, 0.29) is 11.9 Å². The number of rotatable bonds is 3. The number of carbonyl (C=O) groups excluding carboxylic acids is 1. The fraction of sp³-hybridized carbons (Fsp3) is 0.125. The second-order valence-corrected chi connectivity index (χ2v) is 5.99. The molecule has 22 heavy (non-hydrogen) atoms. The van der Waals surface area contributed by atoms with Gasteiger partial charge >= 0.3 is 0 Å². The van der Waals surface area contributed by atoms with Crippen molar-refractivity contribution in [3.05, 3.63) is 57.9 Å². The number of aromatic amines is 1. The summed E-state index contributed by atoms with van der Waals surface area (Å²) in [5.41, 5.74) is 3.15. The van der Waals surface area contributed by atoms with Crippen LogP contribution in [0.3, 0.4) is 0 Å². The van der Waals surface area contributed by atoms with E-state index in [0.29, 0.717) is 5.69 Å². The highest BCUT2D eigenvalue weighted by Crippen LogP contribution is 2.38. The number of ether oxygens (including phenoxy) is 1. The van der Waals surface area contributed by atoms with Crippen molar-refractivity contribution < 1.29 is 9.53 Å². The molecule has 0 bridgehead atoms. The molecule has 4 rings (SSSR count). The summed E-state index contributed by atoms with van der Waals surface area (Å²) >= 11 is 1.62. The van der Waals surface area contributed by atoms with Crippen LogP contribution in [0.2, 0.25) is 0 Å². The van der Waals surface area contributed by atoms with Crippen molar-refractivity contribution in [3.63, 3.8) is 0 Å². The first-order chi connectivity index (χ1) is 10.8. The molecule has 1 aliphatic heterocycles. The zero-order chi connectivity index (χ0) is 15.1. The van der Waals surface area contributed by atoms with Crippen molar-refractivity contribution in [3.8, 4) is 17.0 Å². The Hall–Kier alpha value is -2.60. The quantitative estimate of drug-likeness (QED) is 0.781. The molecule has 0 aliphatic carbocycles. The lowest BCUT2D eigenvalue weighted by Gasteiger charge is -2.11. The number of nitrogens with zero attached hydrogens (tertiary/aromatic N) is 1. The first-order valence-electron chi connectivity index (χ1n) is 6.85. The molecule has 6 heteroatoms. The number of H-pyrrole nitrogens is 1. The van der Waals surface area contributed by atoms with E-state index >= 15 is 0 Å². The van der Waals surface area contributed by atoms with E-state index in [0.717, 1.165) is 27.4 Å². The van der Waals surface area contributed by atoms with Crippen LogP contribution in [0.5, 0.6) is 5.75 Å². The van der Waals surface area contributed by atoms with Gasteiger partial charge in [-0.1, -0.05) is 18.2 Å². The topological polar surface area (TPSA) is 67.0 Å². The number of hydrogen-bond donors (Lipinski definition) is 2. The van der Waals surface area contributed by atoms with Gasteiger partial charge in [-0.25, -0.2) is 0 Å². The maximum atomic E-state index is 12.1. The fourth-order valence-electron chi connectivity index (χ4n) is 2.74. The number of carbonyl (C=O) groups is 1. The maximum Gasteiger partial charge on any atom is 0.270 e. The summed E-state index contributed by atoms with van der Waals surface area (Å²) in [4.78, 5) is 13.2. The molecule has 5 nitrogen and oxygen atoms in total. The van der Waals surface area contributed by atoms with Crippen LogP contribution in [-0.4, -0.2) is 23.2 Å². The van der Waals surface area contributed by atoms with Gasteiger partial charge in [-0.15, -0.1) is 11.3 Å². The maximum absolute atomic E-state index is 12.1. The Balaban J connectivity index is 1.86. The second kappa shape index (κ2) is 4.99. The van der Waals surface area contributed by atoms with E-state index in [2.05, 4.69) is 15.5 Å². The molecule has 1 aliphatic rings. The zero-order valence-electron chi connectivity index (χ0n) is 11.8. The molecule has 0 saturated carbocycles. The van der Waals surface area contributed by atoms with Crippen molar-refractivity contribution in [2.45, 2.75) is 6.04 Å². The minimum Gasteiger partial charge on any atom is -0.497 e. The highest BCUT2D eigenvalue weighted by atomic mass is 32.1. The molecule has 1 amide bonds. The number of thiophene rings is 1. The van der Waals surface area contributed by atoms with Crippen molar-refractivity contribution in [1.29, 1.82) is 0 Å². The van der Waals surface area contributed by atoms with E-state index in [1.165, 1.54) is 0 Å². The average molecular weight is 311 g/mol. The summed E-state index contributed by atoms with van der Waals surface area (Å²) in [6, 6.07) is 11.5. The Labute approximate surface area is 130 Å². The van der Waals surface area contributed by atoms with Gasteiger partial charge in [-0.3, -0.25) is 9.89 Å². The summed E-state index contributed by atoms with van der Waals surface area (Å²) in [5.74, 6) is 0.647. The number of benzene rings is 1. The van der Waals surface area contributed by atoms with E-state index in [9.17, 15) is 4.79 Å². The number of hydrogen-bond acceptors (Lipinski definition) is 4. The lowest BCUT2D eigenvalue weighted by Crippen LogP contribution is -2.20. The van der Waals surface area contributed by atoms with Crippen LogP contribution >= 0.6 is 11.3 Å². The van der Waals surface area contributed by atoms with Crippen LogP contribution in [-0.2, 0) is 0 Å². The largest absolute Gasteiger partial charge is 0.497 e. The number of nitrogens with one attached hydrogen (secondary N) is 2. The molecule has 2 aromatic heterocycles. The van der Waals surface area contributed by atoms with Crippen LogP contribution in [0.4, 0.5) is 0 Å². The monoisotopic (exact) mass is 311 g/mol. The third-order valence-corrected chi connectivity index (χ3v) is 4.70. The highest BCUT2D eigenvalue weighted by molar-refractivity contribution is 7.10. The van der Waals surface area contributed by atoms with Crippen LogP contribution in [0, 0.1) is 0 Å². The third-order valence-electron chi connectivity index (χ3n) is 3.77. The summed E-state index contributed by atoms with van der Waals surface area (Å²) in [7, 11) is 1.63. The molecular formula is C16H13N3O2S. The molecule has 0 spiro atoms. The molecule has 3 heterocycles. The molecular weight excluding hydrogens is 298 g/mol. The second-order valence-electron chi connectivity index (χ2n) is 5.01. The van der Waals surface area contributed by atoms with Crippen LogP contribution in [0.15, 0.2) is 41.8 Å². The fourth-order valence-corrected chi connectivity index (χ4v) is 3.52. The van der Waals surface area contributed by atoms with Crippen LogP contribution < -0.4 is 10.1 Å². The van der Waals surface area contributed by atoms with Gasteiger partial charge in [-0.2, -0.15) is 5.10 Å². The summed E-state index contributed by atoms with van der Waals surface area (Å²) in [6.07, 6.45) is 0. The minimum absolute atomic E-state index is 0.116. The van der Waals surface area contributed by atoms with Crippen molar-refractivity contribution >= 4 is 17.2 Å². The Morgan fingerprint density at radius 3 is 2.95 bits per heavy atom. The number of fused-ring (bicyclic) bond motifs is 1. The molecule has 1 aromatic carbocycles. The van der Waals surface area contributed by atoms with Gasteiger partial charge in [0.25, 0.3) is 5.91 Å². The standard InChI is InChI=1S/C16H13N3O2S/c1-21-10-5-2-4-9(8-10)13-12-14(11-6-3-7-22-11)17-16(20)15(12)19-18-13/h2-8,14H,1H3,(H,17,20)(H,18,19)/t14-/m1/s1. The van der Waals surface area contributed by atoms with E-state index in [1.54, 1.807) is 18.4 Å². The predicted octanol–water partition coefficient (Wildman–Crippen LogP) is 2.98. The molecule has 3 aromatic rings. The molecule has 0 unspecified atom stereocenters. The lowest BCUT2D eigenvalue weighted by molar-refractivity contribution is 0.0956. The SMILES string of the molecule is COc1cccc(-c2n[nH]c3c2[C@@H](c2cccs2)NC3=O)c1. The molecule has 1 atom stereocenters. The molecule has 0 saturated heterocycles. The average Bonchev–Trinajstić information content (AvgIpc) is 3.25. The Morgan fingerprint density at radius 1 is 1.27 bits per heavy atom. The van der Waals surface area contributed by atoms with Gasteiger partial charge < -0.3 is 10.1 Å². The number of amides is 1. The van der Waals surface area contributed by atoms with Crippen molar-refractivity contribution in [2.75, 3.05) is 7.11 Å². The minimum atomic E-state index is -0.151.